The molecule has 0 rings (SSSR count). The molecule has 234 valence electrons. The van der Waals surface area contributed by atoms with Gasteiger partial charge >= 0.3 is 5.97 Å². The van der Waals surface area contributed by atoms with E-state index in [0.29, 0.717) is 24.1 Å². The Balaban J connectivity index is 4.28. The molecule has 2 atom stereocenters. The number of ether oxygens (including phenoxy) is 2. The van der Waals surface area contributed by atoms with E-state index in [1.165, 1.54) is 0 Å². The van der Waals surface area contributed by atoms with Crippen molar-refractivity contribution >= 4 is 13.8 Å². The van der Waals surface area contributed by atoms with Crippen molar-refractivity contribution in [3.05, 3.63) is 36.5 Å². The fourth-order valence-corrected chi connectivity index (χ4v) is 4.29. The molecule has 0 saturated carbocycles. The number of quaternary nitrogens is 1. The van der Waals surface area contributed by atoms with E-state index >= 15 is 0 Å². The maximum Gasteiger partial charge on any atom is 0.306 e. The van der Waals surface area contributed by atoms with E-state index in [4.69, 9.17) is 18.5 Å². The van der Waals surface area contributed by atoms with Crippen LogP contribution in [0.25, 0.3) is 0 Å². The first kappa shape index (κ1) is 38.7. The number of nitrogens with zero attached hydrogens (tertiary/aromatic N) is 1. The summed E-state index contributed by atoms with van der Waals surface area (Å²) in [4.78, 5) is 24.4. The molecule has 0 aliphatic carbocycles. The number of carbonyl (C=O) groups is 1. The predicted octanol–water partition coefficient (Wildman–Crippen LogP) is 6.90. The Bertz CT molecular complexity index is 746. The highest BCUT2D eigenvalue weighted by molar-refractivity contribution is 7.45. The summed E-state index contributed by atoms with van der Waals surface area (Å²) in [7, 11) is 1.33. The molecule has 0 aliphatic rings. The zero-order valence-electron chi connectivity index (χ0n) is 26.0. The van der Waals surface area contributed by atoms with Gasteiger partial charge in [-0.05, 0) is 44.9 Å². The molecular formula is C31H58NO7P. The Hall–Kier alpha value is -1.28. The number of carbonyl (C=O) groups excluding carboxylic acids is 1. The first-order valence-electron chi connectivity index (χ1n) is 15.2. The van der Waals surface area contributed by atoms with E-state index in [1.807, 2.05) is 21.1 Å². The standard InChI is InChI=1S/C31H58NO7P/c1-6-8-10-12-13-14-15-16-17-18-19-20-21-23-26-36-28-30(39-31(33)24-22-11-9-7-2)29-38-40(34,35)37-27-25-32(3,4)5/h8,10,13-14,16-17,30H,6-7,9,11-12,15,18-29H2,1-5H3/b10-8-,14-13-,17-16-. The molecule has 0 fully saturated rings. The van der Waals surface area contributed by atoms with Crippen LogP contribution < -0.4 is 4.89 Å². The average Bonchev–Trinajstić information content (AvgIpc) is 2.88. The van der Waals surface area contributed by atoms with Gasteiger partial charge in [-0.15, -0.1) is 0 Å². The minimum absolute atomic E-state index is 0.0203. The van der Waals surface area contributed by atoms with Gasteiger partial charge in [-0.1, -0.05) is 82.4 Å². The zero-order valence-corrected chi connectivity index (χ0v) is 26.9. The van der Waals surface area contributed by atoms with Crippen molar-refractivity contribution in [1.82, 2.24) is 0 Å². The van der Waals surface area contributed by atoms with Crippen molar-refractivity contribution in [3.8, 4) is 0 Å². The van der Waals surface area contributed by atoms with Crippen LogP contribution in [0.1, 0.15) is 97.3 Å². The van der Waals surface area contributed by atoms with Crippen LogP contribution in [0.3, 0.4) is 0 Å². The number of esters is 1. The second-order valence-electron chi connectivity index (χ2n) is 11.1. The van der Waals surface area contributed by atoms with Crippen molar-refractivity contribution in [2.24, 2.45) is 0 Å². The Morgan fingerprint density at radius 2 is 1.45 bits per heavy atom. The molecule has 0 bridgehead atoms. The minimum atomic E-state index is -4.50. The summed E-state index contributed by atoms with van der Waals surface area (Å²) in [6, 6.07) is 0. The van der Waals surface area contributed by atoms with Gasteiger partial charge in [0, 0.05) is 13.0 Å². The second kappa shape index (κ2) is 25.4. The number of phosphoric acid groups is 1. The highest BCUT2D eigenvalue weighted by Crippen LogP contribution is 2.38. The van der Waals surface area contributed by atoms with Gasteiger partial charge in [0.05, 0.1) is 34.4 Å². The molecule has 0 aliphatic heterocycles. The minimum Gasteiger partial charge on any atom is -0.756 e. The van der Waals surface area contributed by atoms with Gasteiger partial charge in [-0.25, -0.2) is 0 Å². The molecule has 0 spiro atoms. The van der Waals surface area contributed by atoms with Crippen molar-refractivity contribution < 1.29 is 37.3 Å². The van der Waals surface area contributed by atoms with Crippen LogP contribution in [0.2, 0.25) is 0 Å². The van der Waals surface area contributed by atoms with E-state index in [-0.39, 0.29) is 25.8 Å². The molecule has 0 aromatic heterocycles. The molecule has 2 unspecified atom stereocenters. The van der Waals surface area contributed by atoms with Crippen molar-refractivity contribution in [1.29, 1.82) is 0 Å². The maximum atomic E-state index is 12.3. The second-order valence-corrected chi connectivity index (χ2v) is 12.5. The van der Waals surface area contributed by atoms with E-state index in [9.17, 15) is 14.3 Å². The molecule has 40 heavy (non-hydrogen) atoms. The van der Waals surface area contributed by atoms with Crippen LogP contribution in [0.15, 0.2) is 36.5 Å². The topological polar surface area (TPSA) is 94.1 Å². The predicted molar refractivity (Wildman–Crippen MR) is 162 cm³/mol. The smallest absolute Gasteiger partial charge is 0.306 e. The Kier molecular flexibility index (Phi) is 24.6. The Morgan fingerprint density at radius 3 is 2.12 bits per heavy atom. The number of rotatable bonds is 27. The zero-order chi connectivity index (χ0) is 30.0. The van der Waals surface area contributed by atoms with Crippen LogP contribution in [0, 0.1) is 0 Å². The van der Waals surface area contributed by atoms with Crippen LogP contribution in [-0.2, 0) is 27.9 Å². The molecule has 9 heteroatoms. The van der Waals surface area contributed by atoms with Gasteiger partial charge in [-0.2, -0.15) is 0 Å². The molecular weight excluding hydrogens is 529 g/mol. The number of unbranched alkanes of at least 4 members (excludes halogenated alkanes) is 7. The largest absolute Gasteiger partial charge is 0.756 e. The summed E-state index contributed by atoms with van der Waals surface area (Å²) < 4.78 is 33.9. The van der Waals surface area contributed by atoms with E-state index in [1.54, 1.807) is 0 Å². The number of phosphoric ester groups is 1. The van der Waals surface area contributed by atoms with Crippen LogP contribution >= 0.6 is 7.82 Å². The third-order valence-corrected chi connectivity index (χ3v) is 6.92. The van der Waals surface area contributed by atoms with Gasteiger partial charge in [0.2, 0.25) is 0 Å². The number of hydrogen-bond donors (Lipinski definition) is 0. The summed E-state index contributed by atoms with van der Waals surface area (Å²) in [5, 5.41) is 0. The lowest BCUT2D eigenvalue weighted by molar-refractivity contribution is -0.870. The molecule has 0 N–H and O–H groups in total. The Labute approximate surface area is 245 Å². The van der Waals surface area contributed by atoms with Gasteiger partial charge in [0.1, 0.15) is 19.3 Å². The van der Waals surface area contributed by atoms with E-state index in [2.05, 4.69) is 50.3 Å². The molecule has 0 heterocycles. The number of likely N-dealkylation sites (N-methyl/N-ethyl adjacent to an activating group) is 1. The summed E-state index contributed by atoms with van der Waals surface area (Å²) in [6.45, 7) is 5.07. The van der Waals surface area contributed by atoms with Crippen molar-refractivity contribution in [2.45, 2.75) is 103 Å². The SMILES string of the molecule is CC/C=C\C/C=C\C/C=C\CCCCCCOCC(COP(=O)([O-])OCC[N+](C)(C)C)OC(=O)CCCCCC. The van der Waals surface area contributed by atoms with Crippen LogP contribution in [-0.4, -0.2) is 70.7 Å². The molecule has 0 aromatic carbocycles. The number of allylic oxidation sites excluding steroid dienone is 6. The lowest BCUT2D eigenvalue weighted by Gasteiger charge is -2.28. The quantitative estimate of drug-likeness (QED) is 0.0339. The highest BCUT2D eigenvalue weighted by Gasteiger charge is 2.20. The third kappa shape index (κ3) is 28.3. The van der Waals surface area contributed by atoms with Gasteiger partial charge in [0.15, 0.2) is 0 Å². The summed E-state index contributed by atoms with van der Waals surface area (Å²) in [6.07, 6.45) is 24.9. The van der Waals surface area contributed by atoms with Gasteiger partial charge < -0.3 is 27.9 Å². The first-order chi connectivity index (χ1) is 19.1. The fraction of sp³-hybridized carbons (Fsp3) is 0.774. The van der Waals surface area contributed by atoms with Crippen LogP contribution in [0.5, 0.6) is 0 Å². The number of hydrogen-bond acceptors (Lipinski definition) is 7. The molecule has 0 amide bonds. The summed E-state index contributed by atoms with van der Waals surface area (Å²) >= 11 is 0. The Morgan fingerprint density at radius 1 is 0.800 bits per heavy atom. The van der Waals surface area contributed by atoms with Crippen molar-refractivity contribution in [2.75, 3.05) is 54.1 Å². The lowest BCUT2D eigenvalue weighted by atomic mass is 10.1. The van der Waals surface area contributed by atoms with E-state index in [0.717, 1.165) is 77.0 Å². The molecule has 0 radical (unpaired) electrons. The molecule has 8 nitrogen and oxygen atoms in total. The molecule has 0 aromatic rings. The lowest BCUT2D eigenvalue weighted by Crippen LogP contribution is -2.37. The fourth-order valence-electron chi connectivity index (χ4n) is 3.56. The maximum absolute atomic E-state index is 12.3. The normalized spacial score (nSPS) is 14.8. The first-order valence-corrected chi connectivity index (χ1v) is 16.7. The highest BCUT2D eigenvalue weighted by atomic mass is 31.2. The average molecular weight is 588 g/mol. The molecule has 0 saturated heterocycles. The summed E-state index contributed by atoms with van der Waals surface area (Å²) in [5.74, 6) is -0.364. The van der Waals surface area contributed by atoms with Crippen molar-refractivity contribution in [3.63, 3.8) is 0 Å². The van der Waals surface area contributed by atoms with Gasteiger partial charge in [0.25, 0.3) is 7.82 Å². The summed E-state index contributed by atoms with van der Waals surface area (Å²) in [5.41, 5.74) is 0. The van der Waals surface area contributed by atoms with E-state index < -0.39 is 13.9 Å². The van der Waals surface area contributed by atoms with Crippen LogP contribution in [0.4, 0.5) is 0 Å². The van der Waals surface area contributed by atoms with Gasteiger partial charge in [-0.3, -0.25) is 9.36 Å². The monoisotopic (exact) mass is 587 g/mol. The third-order valence-electron chi connectivity index (χ3n) is 5.96.